The second-order valence-electron chi connectivity index (χ2n) is 6.11. The summed E-state index contributed by atoms with van der Waals surface area (Å²) < 4.78 is 5.77. The summed E-state index contributed by atoms with van der Waals surface area (Å²) in [5, 5.41) is 4.57. The molecule has 1 atom stereocenters. The highest BCUT2D eigenvalue weighted by atomic mass is 35.5. The molecule has 0 bridgehead atoms. The summed E-state index contributed by atoms with van der Waals surface area (Å²) in [6.45, 7) is 4.03. The van der Waals surface area contributed by atoms with Gasteiger partial charge in [-0.3, -0.25) is 4.79 Å². The molecule has 3 rings (SSSR count). The van der Waals surface area contributed by atoms with Crippen LogP contribution in [0.1, 0.15) is 25.8 Å². The van der Waals surface area contributed by atoms with Crippen LogP contribution in [0.3, 0.4) is 0 Å². The fourth-order valence-electron chi connectivity index (χ4n) is 2.31. The Morgan fingerprint density at radius 2 is 1.93 bits per heavy atom. The van der Waals surface area contributed by atoms with E-state index >= 15 is 0 Å². The maximum absolute atomic E-state index is 12.3. The summed E-state index contributed by atoms with van der Waals surface area (Å²) in [5.74, 6) is 0.406. The second kappa shape index (κ2) is 9.23. The maximum atomic E-state index is 12.3. The molecule has 1 heterocycles. The van der Waals surface area contributed by atoms with Crippen LogP contribution in [0.2, 0.25) is 15.1 Å². The number of rotatable bonds is 5. The van der Waals surface area contributed by atoms with Gasteiger partial charge in [0.2, 0.25) is 0 Å². The fraction of sp³-hybridized carbons (Fsp3) is 0.200. The average Bonchev–Trinajstić information content (AvgIpc) is 2.99. The summed E-state index contributed by atoms with van der Waals surface area (Å²) in [7, 11) is 0. The van der Waals surface area contributed by atoms with Gasteiger partial charge in [-0.1, -0.05) is 47.8 Å². The van der Waals surface area contributed by atoms with E-state index in [9.17, 15) is 4.79 Å². The molecule has 1 amide bonds. The van der Waals surface area contributed by atoms with Crippen LogP contribution in [-0.4, -0.2) is 17.2 Å². The monoisotopic (exact) mass is 454 g/mol. The van der Waals surface area contributed by atoms with Gasteiger partial charge in [0.05, 0.1) is 31.8 Å². The molecule has 0 unspecified atom stereocenters. The van der Waals surface area contributed by atoms with E-state index in [4.69, 9.17) is 39.5 Å². The highest BCUT2D eigenvalue weighted by Gasteiger charge is 2.24. The van der Waals surface area contributed by atoms with Crippen LogP contribution < -0.4 is 10.1 Å². The van der Waals surface area contributed by atoms with E-state index in [1.165, 1.54) is 11.8 Å². The molecule has 8 heteroatoms. The van der Waals surface area contributed by atoms with Crippen molar-refractivity contribution in [2.75, 3.05) is 0 Å². The van der Waals surface area contributed by atoms with Crippen molar-refractivity contribution in [1.29, 1.82) is 0 Å². The zero-order chi connectivity index (χ0) is 20.3. The summed E-state index contributed by atoms with van der Waals surface area (Å²) in [5.41, 5.74) is 1.41. The normalized spacial score (nSPS) is 17.8. The standard InChI is InChI=1S/C20H17Cl3N2O2S/c1-3-11(2)27-17-7-4-12(8-16(17)23)9-18-19(26)25-20(28-18)24-13-5-6-14(21)15(22)10-13/h4-11H,3H2,1-2H3,(H,24,25,26)/b18-9-/t11-/m1/s1. The SMILES string of the molecule is CC[C@@H](C)Oc1ccc(/C=C2\SC(=Nc3ccc(Cl)c(Cl)c3)NC2=O)cc1Cl. The van der Waals surface area contributed by atoms with Gasteiger partial charge in [0.1, 0.15) is 5.75 Å². The fourth-order valence-corrected chi connectivity index (χ4v) is 3.67. The van der Waals surface area contributed by atoms with Gasteiger partial charge < -0.3 is 10.1 Å². The molecule has 146 valence electrons. The number of carbonyl (C=O) groups is 1. The number of carbonyl (C=O) groups excluding carboxylic acids is 1. The van der Waals surface area contributed by atoms with Gasteiger partial charge in [0, 0.05) is 0 Å². The van der Waals surface area contributed by atoms with Crippen molar-refractivity contribution in [3.8, 4) is 5.75 Å². The van der Waals surface area contributed by atoms with E-state index in [0.717, 1.165) is 12.0 Å². The van der Waals surface area contributed by atoms with Crippen LogP contribution >= 0.6 is 46.6 Å². The van der Waals surface area contributed by atoms with Crippen molar-refractivity contribution in [2.24, 2.45) is 4.99 Å². The molecule has 1 N–H and O–H groups in total. The van der Waals surface area contributed by atoms with Gasteiger partial charge in [-0.2, -0.15) is 0 Å². The lowest BCUT2D eigenvalue weighted by Crippen LogP contribution is -2.19. The molecule has 4 nitrogen and oxygen atoms in total. The van der Waals surface area contributed by atoms with Gasteiger partial charge in [-0.15, -0.1) is 0 Å². The number of amides is 1. The van der Waals surface area contributed by atoms with Crippen LogP contribution in [0.4, 0.5) is 5.69 Å². The Labute approximate surface area is 182 Å². The first-order valence-corrected chi connectivity index (χ1v) is 10.5. The molecule has 1 fully saturated rings. The van der Waals surface area contributed by atoms with E-state index < -0.39 is 0 Å². The average molecular weight is 456 g/mol. The lowest BCUT2D eigenvalue weighted by Gasteiger charge is -2.14. The topological polar surface area (TPSA) is 50.7 Å². The largest absolute Gasteiger partial charge is 0.489 e. The summed E-state index contributed by atoms with van der Waals surface area (Å²) in [4.78, 5) is 17.2. The molecule has 2 aromatic rings. The number of halogens is 3. The molecular formula is C20H17Cl3N2O2S. The Morgan fingerprint density at radius 3 is 2.61 bits per heavy atom. The van der Waals surface area contributed by atoms with E-state index in [1.807, 2.05) is 26.0 Å². The molecule has 0 saturated carbocycles. The third kappa shape index (κ3) is 5.23. The quantitative estimate of drug-likeness (QED) is 0.509. The first-order valence-electron chi connectivity index (χ1n) is 8.56. The van der Waals surface area contributed by atoms with Crippen molar-refractivity contribution in [1.82, 2.24) is 5.32 Å². The molecule has 0 aliphatic carbocycles. The minimum atomic E-state index is -0.222. The Morgan fingerprint density at radius 1 is 1.14 bits per heavy atom. The molecule has 0 spiro atoms. The number of nitrogens with one attached hydrogen (secondary N) is 1. The zero-order valence-electron chi connectivity index (χ0n) is 15.1. The molecule has 1 saturated heterocycles. The van der Waals surface area contributed by atoms with Crippen molar-refractivity contribution < 1.29 is 9.53 Å². The van der Waals surface area contributed by atoms with Crippen molar-refractivity contribution >= 4 is 69.4 Å². The number of aliphatic imine (C=N–C) groups is 1. The van der Waals surface area contributed by atoms with E-state index in [1.54, 1.807) is 30.3 Å². The van der Waals surface area contributed by atoms with Gasteiger partial charge in [-0.05, 0) is 67.1 Å². The molecule has 0 radical (unpaired) electrons. The van der Waals surface area contributed by atoms with E-state index in [0.29, 0.717) is 36.6 Å². The van der Waals surface area contributed by atoms with Gasteiger partial charge in [0.25, 0.3) is 5.91 Å². The predicted molar refractivity (Wildman–Crippen MR) is 119 cm³/mol. The summed E-state index contributed by atoms with van der Waals surface area (Å²) in [6, 6.07) is 10.5. The molecule has 1 aliphatic rings. The highest BCUT2D eigenvalue weighted by Crippen LogP contribution is 2.32. The molecular weight excluding hydrogens is 439 g/mol. The molecule has 2 aromatic carbocycles. The summed E-state index contributed by atoms with van der Waals surface area (Å²) in [6.07, 6.45) is 2.73. The Bertz CT molecular complexity index is 976. The van der Waals surface area contributed by atoms with Crippen LogP contribution in [0.15, 0.2) is 46.3 Å². The number of hydrogen-bond donors (Lipinski definition) is 1. The van der Waals surface area contributed by atoms with Crippen molar-refractivity contribution in [3.05, 3.63) is 61.9 Å². The van der Waals surface area contributed by atoms with E-state index in [-0.39, 0.29) is 12.0 Å². The van der Waals surface area contributed by atoms with Crippen molar-refractivity contribution in [2.45, 2.75) is 26.4 Å². The maximum Gasteiger partial charge on any atom is 0.264 e. The van der Waals surface area contributed by atoms with Gasteiger partial charge in [0.15, 0.2) is 5.17 Å². The Hall–Kier alpha value is -1.66. The molecule has 1 aliphatic heterocycles. The van der Waals surface area contributed by atoms with E-state index in [2.05, 4.69) is 10.3 Å². The number of ether oxygens (including phenoxy) is 1. The Balaban J connectivity index is 1.77. The lowest BCUT2D eigenvalue weighted by atomic mass is 10.2. The zero-order valence-corrected chi connectivity index (χ0v) is 18.2. The van der Waals surface area contributed by atoms with Gasteiger partial charge in [-0.25, -0.2) is 4.99 Å². The number of hydrogen-bond acceptors (Lipinski definition) is 4. The van der Waals surface area contributed by atoms with Crippen molar-refractivity contribution in [3.63, 3.8) is 0 Å². The first-order chi connectivity index (χ1) is 13.4. The third-order valence-electron chi connectivity index (χ3n) is 3.94. The molecule has 0 aromatic heterocycles. The van der Waals surface area contributed by atoms with Crippen LogP contribution in [0.5, 0.6) is 5.75 Å². The minimum Gasteiger partial charge on any atom is -0.489 e. The lowest BCUT2D eigenvalue weighted by molar-refractivity contribution is -0.115. The number of amidine groups is 1. The highest BCUT2D eigenvalue weighted by molar-refractivity contribution is 8.18. The number of benzene rings is 2. The summed E-state index contributed by atoms with van der Waals surface area (Å²) >= 11 is 19.5. The first kappa shape index (κ1) is 21.1. The van der Waals surface area contributed by atoms with Crippen LogP contribution in [0.25, 0.3) is 6.08 Å². The third-order valence-corrected chi connectivity index (χ3v) is 5.89. The van der Waals surface area contributed by atoms with Gasteiger partial charge >= 0.3 is 0 Å². The smallest absolute Gasteiger partial charge is 0.264 e. The second-order valence-corrected chi connectivity index (χ2v) is 8.36. The Kier molecular flexibility index (Phi) is 6.94. The van der Waals surface area contributed by atoms with Crippen LogP contribution in [-0.2, 0) is 4.79 Å². The minimum absolute atomic E-state index is 0.0815. The molecule has 28 heavy (non-hydrogen) atoms. The number of thioether (sulfide) groups is 1. The predicted octanol–water partition coefficient (Wildman–Crippen LogP) is 6.72. The number of nitrogens with zero attached hydrogens (tertiary/aromatic N) is 1. The van der Waals surface area contributed by atoms with Crippen LogP contribution in [0, 0.1) is 0 Å².